The first-order chi connectivity index (χ1) is 6.22. The Morgan fingerprint density at radius 2 is 1.64 bits per heavy atom. The molecule has 0 aliphatic carbocycles. The lowest BCUT2D eigenvalue weighted by molar-refractivity contribution is -0.147. The van der Waals surface area contributed by atoms with Crippen LogP contribution in [0.2, 0.25) is 0 Å². The molecular formula is C11H16O3. The molecule has 0 spiro atoms. The van der Waals surface area contributed by atoms with E-state index in [9.17, 15) is 9.59 Å². The molecule has 0 saturated carbocycles. The number of ether oxygens (including phenoxy) is 1. The highest BCUT2D eigenvalue weighted by Crippen LogP contribution is 2.06. The van der Waals surface area contributed by atoms with Crippen molar-refractivity contribution < 1.29 is 14.3 Å². The average molecular weight is 196 g/mol. The van der Waals surface area contributed by atoms with Crippen LogP contribution in [0.4, 0.5) is 0 Å². The molecule has 0 bridgehead atoms. The molecule has 0 aliphatic heterocycles. The lowest BCUT2D eigenvalue weighted by Gasteiger charge is -2.16. The van der Waals surface area contributed by atoms with E-state index in [4.69, 9.17) is 4.74 Å². The van der Waals surface area contributed by atoms with E-state index in [0.717, 1.165) is 0 Å². The summed E-state index contributed by atoms with van der Waals surface area (Å²) in [7, 11) is 0. The van der Waals surface area contributed by atoms with E-state index in [0.29, 0.717) is 0 Å². The molecule has 0 atom stereocenters. The van der Waals surface area contributed by atoms with E-state index in [-0.39, 0.29) is 11.7 Å². The Morgan fingerprint density at radius 1 is 1.14 bits per heavy atom. The summed E-state index contributed by atoms with van der Waals surface area (Å²) >= 11 is 0. The topological polar surface area (TPSA) is 43.4 Å². The Balaban J connectivity index is 4.26. The summed E-state index contributed by atoms with van der Waals surface area (Å²) in [4.78, 5) is 22.1. The lowest BCUT2D eigenvalue weighted by atomic mass is 10.1. The molecule has 3 nitrogen and oxygen atoms in total. The van der Waals surface area contributed by atoms with Crippen molar-refractivity contribution in [2.45, 2.75) is 40.2 Å². The second-order valence-corrected chi connectivity index (χ2v) is 4.27. The van der Waals surface area contributed by atoms with Gasteiger partial charge >= 0.3 is 5.97 Å². The molecule has 0 radical (unpaired) electrons. The Hall–Kier alpha value is -1.30. The number of ketones is 1. The van der Waals surface area contributed by atoms with Gasteiger partial charge in [0.2, 0.25) is 5.78 Å². The largest absolute Gasteiger partial charge is 0.450 e. The summed E-state index contributed by atoms with van der Waals surface area (Å²) in [6.45, 7) is 8.70. The van der Waals surface area contributed by atoms with Gasteiger partial charge in [-0.15, -0.1) is 0 Å². The predicted octanol–water partition coefficient (Wildman–Crippen LogP) is 1.56. The third kappa shape index (κ3) is 6.24. The second kappa shape index (κ2) is 4.80. The smallest absolute Gasteiger partial charge is 0.385 e. The van der Waals surface area contributed by atoms with E-state index in [1.807, 2.05) is 0 Å². The molecule has 0 amide bonds. The van der Waals surface area contributed by atoms with E-state index in [1.54, 1.807) is 34.6 Å². The van der Waals surface area contributed by atoms with Crippen LogP contribution in [-0.2, 0) is 14.3 Å². The number of carbonyl (C=O) groups is 2. The predicted molar refractivity (Wildman–Crippen MR) is 53.5 cm³/mol. The Morgan fingerprint density at radius 3 is 2.00 bits per heavy atom. The van der Waals surface area contributed by atoms with E-state index in [1.165, 1.54) is 0 Å². The highest BCUT2D eigenvalue weighted by molar-refractivity contribution is 6.02. The second-order valence-electron chi connectivity index (χ2n) is 4.27. The summed E-state index contributed by atoms with van der Waals surface area (Å²) in [6, 6.07) is 0. The SMILES string of the molecule is CC(C)C(=O)C#CC(=O)OC(C)(C)C. The third-order valence-corrected chi connectivity index (χ3v) is 1.21. The number of esters is 1. The summed E-state index contributed by atoms with van der Waals surface area (Å²) in [5.41, 5.74) is -0.563. The van der Waals surface area contributed by atoms with E-state index >= 15 is 0 Å². The minimum Gasteiger partial charge on any atom is -0.450 e. The van der Waals surface area contributed by atoms with Crippen LogP contribution in [0.1, 0.15) is 34.6 Å². The fourth-order valence-electron chi connectivity index (χ4n) is 0.561. The first-order valence-corrected chi connectivity index (χ1v) is 4.51. The average Bonchev–Trinajstić information content (AvgIpc) is 1.96. The fourth-order valence-corrected chi connectivity index (χ4v) is 0.561. The van der Waals surface area contributed by atoms with Crippen LogP contribution in [0.25, 0.3) is 0 Å². The molecule has 0 unspecified atom stereocenters. The van der Waals surface area contributed by atoms with Gasteiger partial charge in [-0.05, 0) is 26.7 Å². The zero-order valence-corrected chi connectivity index (χ0v) is 9.30. The first-order valence-electron chi connectivity index (χ1n) is 4.51. The van der Waals surface area contributed by atoms with Crippen molar-refractivity contribution in [3.63, 3.8) is 0 Å². The molecule has 0 N–H and O–H groups in total. The van der Waals surface area contributed by atoms with Crippen LogP contribution in [0.5, 0.6) is 0 Å². The van der Waals surface area contributed by atoms with Crippen molar-refractivity contribution in [1.29, 1.82) is 0 Å². The number of Topliss-reactive ketones (excluding diaryl/α,β-unsaturated/α-hetero) is 1. The van der Waals surface area contributed by atoms with E-state index in [2.05, 4.69) is 11.8 Å². The van der Waals surface area contributed by atoms with Crippen LogP contribution in [0.15, 0.2) is 0 Å². The van der Waals surface area contributed by atoms with Gasteiger partial charge in [-0.1, -0.05) is 13.8 Å². The molecular weight excluding hydrogens is 180 g/mol. The van der Waals surface area contributed by atoms with Crippen molar-refractivity contribution in [2.75, 3.05) is 0 Å². The molecule has 0 rings (SSSR count). The van der Waals surface area contributed by atoms with Gasteiger partial charge in [0, 0.05) is 11.8 Å². The molecule has 0 saturated heterocycles. The number of hydrogen-bond donors (Lipinski definition) is 0. The van der Waals surface area contributed by atoms with Crippen LogP contribution in [0.3, 0.4) is 0 Å². The van der Waals surface area contributed by atoms with Gasteiger partial charge in [0.15, 0.2) is 0 Å². The molecule has 0 aromatic rings. The highest BCUT2D eigenvalue weighted by atomic mass is 16.6. The maximum atomic E-state index is 11.0. The van der Waals surface area contributed by atoms with Crippen LogP contribution < -0.4 is 0 Å². The number of hydrogen-bond acceptors (Lipinski definition) is 3. The van der Waals surface area contributed by atoms with Gasteiger partial charge in [-0.3, -0.25) is 4.79 Å². The molecule has 78 valence electrons. The highest BCUT2D eigenvalue weighted by Gasteiger charge is 2.14. The monoisotopic (exact) mass is 196 g/mol. The van der Waals surface area contributed by atoms with Crippen LogP contribution in [-0.4, -0.2) is 17.4 Å². The minimum absolute atomic E-state index is 0.176. The van der Waals surface area contributed by atoms with Gasteiger partial charge < -0.3 is 4.74 Å². The standard InChI is InChI=1S/C11H16O3/c1-8(2)9(12)6-7-10(13)14-11(3,4)5/h8H,1-5H3. The van der Waals surface area contributed by atoms with Crippen molar-refractivity contribution in [2.24, 2.45) is 5.92 Å². The van der Waals surface area contributed by atoms with Gasteiger partial charge in [-0.25, -0.2) is 4.79 Å². The Bertz CT molecular complexity index is 284. The molecule has 3 heteroatoms. The van der Waals surface area contributed by atoms with Gasteiger partial charge in [0.1, 0.15) is 5.60 Å². The molecule has 14 heavy (non-hydrogen) atoms. The zero-order chi connectivity index (χ0) is 11.4. The molecule has 0 aromatic heterocycles. The summed E-state index contributed by atoms with van der Waals surface area (Å²) in [5, 5.41) is 0. The molecule has 0 aromatic carbocycles. The lowest BCUT2D eigenvalue weighted by Crippen LogP contribution is -2.23. The molecule has 0 aliphatic rings. The van der Waals surface area contributed by atoms with Crippen LogP contribution >= 0.6 is 0 Å². The number of rotatable bonds is 1. The summed E-state index contributed by atoms with van der Waals surface area (Å²) in [6.07, 6.45) is 0. The van der Waals surface area contributed by atoms with Crippen molar-refractivity contribution in [3.05, 3.63) is 0 Å². The van der Waals surface area contributed by atoms with Crippen LogP contribution in [0, 0.1) is 17.8 Å². The van der Waals surface area contributed by atoms with E-state index < -0.39 is 11.6 Å². The van der Waals surface area contributed by atoms with Crippen molar-refractivity contribution in [1.82, 2.24) is 0 Å². The molecule has 0 fully saturated rings. The van der Waals surface area contributed by atoms with Gasteiger partial charge in [0.25, 0.3) is 0 Å². The van der Waals surface area contributed by atoms with Gasteiger partial charge in [0.05, 0.1) is 0 Å². The normalized spacial score (nSPS) is 10.4. The molecule has 0 heterocycles. The van der Waals surface area contributed by atoms with Crippen molar-refractivity contribution in [3.8, 4) is 11.8 Å². The summed E-state index contributed by atoms with van der Waals surface area (Å²) < 4.78 is 4.90. The maximum absolute atomic E-state index is 11.0. The fraction of sp³-hybridized carbons (Fsp3) is 0.636. The Kier molecular flexibility index (Phi) is 4.36. The van der Waals surface area contributed by atoms with Gasteiger partial charge in [-0.2, -0.15) is 0 Å². The summed E-state index contributed by atoms with van der Waals surface area (Å²) in [5.74, 6) is 3.31. The quantitative estimate of drug-likeness (QED) is 0.276. The Labute approximate surface area is 84.8 Å². The zero-order valence-electron chi connectivity index (χ0n) is 9.30. The minimum atomic E-state index is -0.661. The first kappa shape index (κ1) is 12.7. The number of carbonyl (C=O) groups excluding carboxylic acids is 2. The van der Waals surface area contributed by atoms with Crippen molar-refractivity contribution >= 4 is 11.8 Å². The maximum Gasteiger partial charge on any atom is 0.385 e. The third-order valence-electron chi connectivity index (χ3n) is 1.21.